The van der Waals surface area contributed by atoms with Crippen molar-refractivity contribution in [2.45, 2.75) is 50.6 Å². The molecule has 3 nitrogen and oxygen atoms in total. The molecule has 1 saturated carbocycles. The molecule has 1 aliphatic rings. The van der Waals surface area contributed by atoms with Crippen molar-refractivity contribution < 1.29 is 5.11 Å². The van der Waals surface area contributed by atoms with Crippen molar-refractivity contribution in [3.05, 3.63) is 0 Å². The molecule has 1 unspecified atom stereocenters. The van der Waals surface area contributed by atoms with Crippen LogP contribution in [0, 0.1) is 0 Å². The van der Waals surface area contributed by atoms with Crippen LogP contribution in [0.25, 0.3) is 0 Å². The molecule has 0 amide bonds. The van der Waals surface area contributed by atoms with Crippen LogP contribution in [0.1, 0.15) is 39.0 Å². The Labute approximate surface area is 93.9 Å². The lowest BCUT2D eigenvalue weighted by Crippen LogP contribution is -2.46. The molecule has 1 atom stereocenters. The standard InChI is InChI=1S/C12H26N2O/c1-12(10-15,13-2)8-9-14(3)11-6-4-5-7-11/h11,13,15H,4-10H2,1-3H3. The quantitative estimate of drug-likeness (QED) is 0.698. The van der Waals surface area contributed by atoms with Crippen LogP contribution in [0.3, 0.4) is 0 Å². The first-order valence-electron chi connectivity index (χ1n) is 6.11. The summed E-state index contributed by atoms with van der Waals surface area (Å²) in [6.07, 6.45) is 6.49. The fourth-order valence-electron chi connectivity index (χ4n) is 2.23. The number of aliphatic hydroxyl groups excluding tert-OH is 1. The van der Waals surface area contributed by atoms with E-state index in [2.05, 4.69) is 24.2 Å². The van der Waals surface area contributed by atoms with E-state index in [1.54, 1.807) is 0 Å². The zero-order chi connectivity index (χ0) is 11.3. The van der Waals surface area contributed by atoms with E-state index in [0.29, 0.717) is 0 Å². The molecule has 2 N–H and O–H groups in total. The maximum absolute atomic E-state index is 9.28. The van der Waals surface area contributed by atoms with E-state index in [1.165, 1.54) is 25.7 Å². The molecule has 0 saturated heterocycles. The summed E-state index contributed by atoms with van der Waals surface area (Å²) in [5.74, 6) is 0. The smallest absolute Gasteiger partial charge is 0.0610 e. The second-order valence-corrected chi connectivity index (χ2v) is 5.14. The Balaban J connectivity index is 2.28. The van der Waals surface area contributed by atoms with Gasteiger partial charge in [-0.25, -0.2) is 0 Å². The van der Waals surface area contributed by atoms with Crippen LogP contribution in [-0.2, 0) is 0 Å². The van der Waals surface area contributed by atoms with Gasteiger partial charge in [0.2, 0.25) is 0 Å². The van der Waals surface area contributed by atoms with E-state index >= 15 is 0 Å². The maximum atomic E-state index is 9.28. The molecule has 0 aromatic heterocycles. The lowest BCUT2D eigenvalue weighted by atomic mass is 9.99. The van der Waals surface area contributed by atoms with Crippen LogP contribution in [-0.4, -0.2) is 48.8 Å². The van der Waals surface area contributed by atoms with E-state index in [0.717, 1.165) is 19.0 Å². The molecule has 1 aliphatic carbocycles. The second kappa shape index (κ2) is 5.83. The number of hydrogen-bond acceptors (Lipinski definition) is 3. The van der Waals surface area contributed by atoms with Crippen molar-refractivity contribution in [1.82, 2.24) is 10.2 Å². The minimum atomic E-state index is -0.118. The monoisotopic (exact) mass is 214 g/mol. The molecule has 1 fully saturated rings. The highest BCUT2D eigenvalue weighted by atomic mass is 16.3. The number of nitrogens with zero attached hydrogens (tertiary/aromatic N) is 1. The van der Waals surface area contributed by atoms with Gasteiger partial charge < -0.3 is 15.3 Å². The number of likely N-dealkylation sites (N-methyl/N-ethyl adjacent to an activating group) is 1. The van der Waals surface area contributed by atoms with Gasteiger partial charge in [-0.2, -0.15) is 0 Å². The minimum absolute atomic E-state index is 0.118. The van der Waals surface area contributed by atoms with Crippen molar-refractivity contribution >= 4 is 0 Å². The fraction of sp³-hybridized carbons (Fsp3) is 1.00. The molecule has 0 aromatic rings. The Kier molecular flexibility index (Phi) is 5.03. The molecule has 0 spiro atoms. The summed E-state index contributed by atoms with van der Waals surface area (Å²) in [4.78, 5) is 2.46. The van der Waals surface area contributed by atoms with Crippen molar-refractivity contribution in [1.29, 1.82) is 0 Å². The third-order valence-electron chi connectivity index (χ3n) is 3.92. The molecule has 3 heteroatoms. The zero-order valence-electron chi connectivity index (χ0n) is 10.4. The predicted octanol–water partition coefficient (Wildman–Crippen LogP) is 1.22. The highest BCUT2D eigenvalue weighted by molar-refractivity contribution is 4.83. The van der Waals surface area contributed by atoms with Gasteiger partial charge in [0.05, 0.1) is 6.61 Å². The Morgan fingerprint density at radius 3 is 2.47 bits per heavy atom. The van der Waals surface area contributed by atoms with E-state index in [4.69, 9.17) is 0 Å². The first-order valence-corrected chi connectivity index (χ1v) is 6.11. The summed E-state index contributed by atoms with van der Waals surface area (Å²) < 4.78 is 0. The molecular weight excluding hydrogens is 188 g/mol. The number of nitrogens with one attached hydrogen (secondary N) is 1. The zero-order valence-corrected chi connectivity index (χ0v) is 10.4. The molecule has 0 heterocycles. The van der Waals surface area contributed by atoms with Crippen molar-refractivity contribution in [2.24, 2.45) is 0 Å². The van der Waals surface area contributed by atoms with Crippen molar-refractivity contribution in [3.63, 3.8) is 0 Å². The first-order chi connectivity index (χ1) is 7.11. The lowest BCUT2D eigenvalue weighted by Gasteiger charge is -2.31. The molecule has 0 aliphatic heterocycles. The van der Waals surface area contributed by atoms with Crippen LogP contribution in [0.5, 0.6) is 0 Å². The largest absolute Gasteiger partial charge is 0.394 e. The highest BCUT2D eigenvalue weighted by Gasteiger charge is 2.24. The summed E-state index contributed by atoms with van der Waals surface area (Å²) in [6.45, 7) is 3.36. The summed E-state index contributed by atoms with van der Waals surface area (Å²) in [5.41, 5.74) is -0.118. The van der Waals surface area contributed by atoms with Crippen LogP contribution < -0.4 is 5.32 Å². The molecular formula is C12H26N2O. The van der Waals surface area contributed by atoms with E-state index in [9.17, 15) is 5.11 Å². The van der Waals surface area contributed by atoms with Gasteiger partial charge in [0, 0.05) is 11.6 Å². The molecule has 0 bridgehead atoms. The van der Waals surface area contributed by atoms with Gasteiger partial charge >= 0.3 is 0 Å². The Hall–Kier alpha value is -0.120. The van der Waals surface area contributed by atoms with Crippen LogP contribution in [0.15, 0.2) is 0 Å². The van der Waals surface area contributed by atoms with Gasteiger partial charge in [0.15, 0.2) is 0 Å². The SMILES string of the molecule is CNC(C)(CO)CCN(C)C1CCCC1. The Morgan fingerprint density at radius 1 is 1.40 bits per heavy atom. The van der Waals surface area contributed by atoms with Gasteiger partial charge in [0.1, 0.15) is 0 Å². The normalized spacial score (nSPS) is 22.2. The summed E-state index contributed by atoms with van der Waals surface area (Å²) >= 11 is 0. The summed E-state index contributed by atoms with van der Waals surface area (Å²) in [5, 5.41) is 12.5. The van der Waals surface area contributed by atoms with Crippen molar-refractivity contribution in [2.75, 3.05) is 27.2 Å². The van der Waals surface area contributed by atoms with Gasteiger partial charge in [-0.1, -0.05) is 12.8 Å². The van der Waals surface area contributed by atoms with Crippen molar-refractivity contribution in [3.8, 4) is 0 Å². The lowest BCUT2D eigenvalue weighted by molar-refractivity contribution is 0.147. The van der Waals surface area contributed by atoms with Crippen LogP contribution in [0.4, 0.5) is 0 Å². The second-order valence-electron chi connectivity index (χ2n) is 5.14. The molecule has 0 radical (unpaired) electrons. The van der Waals surface area contributed by atoms with Crippen LogP contribution in [0.2, 0.25) is 0 Å². The Morgan fingerprint density at radius 2 is 2.00 bits per heavy atom. The molecule has 0 aromatic carbocycles. The van der Waals surface area contributed by atoms with E-state index in [-0.39, 0.29) is 12.1 Å². The molecule has 1 rings (SSSR count). The van der Waals surface area contributed by atoms with Gasteiger partial charge in [0.25, 0.3) is 0 Å². The fourth-order valence-corrected chi connectivity index (χ4v) is 2.23. The van der Waals surface area contributed by atoms with Gasteiger partial charge in [-0.05, 0) is 46.8 Å². The average Bonchev–Trinajstić information content (AvgIpc) is 2.79. The van der Waals surface area contributed by atoms with Crippen LogP contribution >= 0.6 is 0 Å². The maximum Gasteiger partial charge on any atom is 0.0610 e. The summed E-state index contributed by atoms with van der Waals surface area (Å²) in [6, 6.07) is 0.782. The van der Waals surface area contributed by atoms with E-state index in [1.807, 2.05) is 7.05 Å². The number of rotatable bonds is 6. The Bertz CT molecular complexity index is 174. The molecule has 15 heavy (non-hydrogen) atoms. The first kappa shape index (κ1) is 12.9. The number of hydrogen-bond donors (Lipinski definition) is 2. The topological polar surface area (TPSA) is 35.5 Å². The minimum Gasteiger partial charge on any atom is -0.394 e. The number of aliphatic hydroxyl groups is 1. The third kappa shape index (κ3) is 3.74. The summed E-state index contributed by atoms with van der Waals surface area (Å²) in [7, 11) is 4.13. The van der Waals surface area contributed by atoms with Gasteiger partial charge in [-0.3, -0.25) is 0 Å². The average molecular weight is 214 g/mol. The highest BCUT2D eigenvalue weighted by Crippen LogP contribution is 2.23. The molecule has 90 valence electrons. The third-order valence-corrected chi connectivity index (χ3v) is 3.92. The predicted molar refractivity (Wildman–Crippen MR) is 64.1 cm³/mol. The van der Waals surface area contributed by atoms with Gasteiger partial charge in [-0.15, -0.1) is 0 Å². The van der Waals surface area contributed by atoms with E-state index < -0.39 is 0 Å².